The van der Waals surface area contributed by atoms with Crippen molar-refractivity contribution in [2.75, 3.05) is 12.8 Å². The average Bonchev–Trinajstić information content (AvgIpc) is 2.39. The molecule has 2 aromatic rings. The number of nitrogen functional groups attached to an aromatic ring is 1. The SMILES string of the molecule is COc1cccc(Br)c1OCc1ccc(Cl)cc1N. The highest BCUT2D eigenvalue weighted by atomic mass is 79.9. The number of halogens is 2. The van der Waals surface area contributed by atoms with Gasteiger partial charge in [-0.05, 0) is 40.2 Å². The van der Waals surface area contributed by atoms with Crippen molar-refractivity contribution >= 4 is 33.2 Å². The molecule has 0 bridgehead atoms. The number of anilines is 1. The van der Waals surface area contributed by atoms with E-state index in [1.165, 1.54) is 0 Å². The minimum absolute atomic E-state index is 0.349. The number of methoxy groups -OCH3 is 1. The molecule has 0 amide bonds. The van der Waals surface area contributed by atoms with E-state index in [0.29, 0.717) is 28.8 Å². The highest BCUT2D eigenvalue weighted by molar-refractivity contribution is 9.10. The molecule has 0 radical (unpaired) electrons. The van der Waals surface area contributed by atoms with Gasteiger partial charge >= 0.3 is 0 Å². The third-order valence-corrected chi connectivity index (χ3v) is 3.49. The molecule has 2 aromatic carbocycles. The maximum Gasteiger partial charge on any atom is 0.175 e. The lowest BCUT2D eigenvalue weighted by atomic mass is 10.2. The van der Waals surface area contributed by atoms with Crippen LogP contribution in [0.3, 0.4) is 0 Å². The van der Waals surface area contributed by atoms with Gasteiger partial charge in [0.25, 0.3) is 0 Å². The van der Waals surface area contributed by atoms with E-state index in [2.05, 4.69) is 15.9 Å². The fourth-order valence-corrected chi connectivity index (χ4v) is 2.28. The van der Waals surface area contributed by atoms with Crippen molar-refractivity contribution < 1.29 is 9.47 Å². The Bertz CT molecular complexity index is 590. The molecule has 2 N–H and O–H groups in total. The molecule has 0 fully saturated rings. The molecule has 5 heteroatoms. The first-order valence-corrected chi connectivity index (χ1v) is 6.78. The van der Waals surface area contributed by atoms with E-state index < -0.39 is 0 Å². The van der Waals surface area contributed by atoms with Crippen LogP contribution in [-0.2, 0) is 6.61 Å². The highest BCUT2D eigenvalue weighted by Gasteiger charge is 2.09. The standard InChI is InChI=1S/C14H13BrClNO2/c1-18-13-4-2-3-11(15)14(13)19-8-9-5-6-10(16)7-12(9)17/h2-7H,8,17H2,1H3. The van der Waals surface area contributed by atoms with Crippen LogP contribution in [0.25, 0.3) is 0 Å². The molecule has 0 heterocycles. The Morgan fingerprint density at radius 3 is 2.74 bits per heavy atom. The highest BCUT2D eigenvalue weighted by Crippen LogP contribution is 2.35. The number of ether oxygens (including phenoxy) is 2. The minimum Gasteiger partial charge on any atom is -0.493 e. The molecule has 0 aliphatic heterocycles. The molecule has 0 aliphatic rings. The fourth-order valence-electron chi connectivity index (χ4n) is 1.64. The number of benzene rings is 2. The summed E-state index contributed by atoms with van der Waals surface area (Å²) in [6.45, 7) is 0.349. The normalized spacial score (nSPS) is 10.3. The molecule has 0 spiro atoms. The zero-order chi connectivity index (χ0) is 13.8. The number of para-hydroxylation sites is 1. The van der Waals surface area contributed by atoms with Gasteiger partial charge in [0.05, 0.1) is 11.6 Å². The van der Waals surface area contributed by atoms with Crippen LogP contribution in [0.2, 0.25) is 5.02 Å². The van der Waals surface area contributed by atoms with E-state index in [4.69, 9.17) is 26.8 Å². The second-order valence-electron chi connectivity index (χ2n) is 3.90. The van der Waals surface area contributed by atoms with Crippen LogP contribution in [0.1, 0.15) is 5.56 Å². The number of hydrogen-bond donors (Lipinski definition) is 1. The second kappa shape index (κ2) is 6.17. The molecule has 0 atom stereocenters. The Morgan fingerprint density at radius 2 is 2.05 bits per heavy atom. The van der Waals surface area contributed by atoms with Gasteiger partial charge in [-0.15, -0.1) is 0 Å². The van der Waals surface area contributed by atoms with Crippen molar-refractivity contribution in [1.29, 1.82) is 0 Å². The van der Waals surface area contributed by atoms with Gasteiger partial charge in [0, 0.05) is 16.3 Å². The molecule has 2 rings (SSSR count). The summed E-state index contributed by atoms with van der Waals surface area (Å²) in [6.07, 6.45) is 0. The third-order valence-electron chi connectivity index (χ3n) is 2.63. The van der Waals surface area contributed by atoms with Crippen LogP contribution in [0.4, 0.5) is 5.69 Å². The first kappa shape index (κ1) is 14.0. The molecule has 0 unspecified atom stereocenters. The first-order chi connectivity index (χ1) is 9.11. The molecule has 0 saturated heterocycles. The molecule has 0 saturated carbocycles. The topological polar surface area (TPSA) is 44.5 Å². The summed E-state index contributed by atoms with van der Waals surface area (Å²) in [5.74, 6) is 1.32. The Balaban J connectivity index is 2.19. The lowest BCUT2D eigenvalue weighted by molar-refractivity contribution is 0.283. The van der Waals surface area contributed by atoms with E-state index in [1.807, 2.05) is 24.3 Å². The lowest BCUT2D eigenvalue weighted by Crippen LogP contribution is -2.01. The molecular weight excluding hydrogens is 330 g/mol. The van der Waals surface area contributed by atoms with Gasteiger partial charge in [0.1, 0.15) is 6.61 Å². The Kier molecular flexibility index (Phi) is 4.56. The average molecular weight is 343 g/mol. The van der Waals surface area contributed by atoms with Gasteiger partial charge in [0.15, 0.2) is 11.5 Å². The van der Waals surface area contributed by atoms with Crippen LogP contribution < -0.4 is 15.2 Å². The molecule has 19 heavy (non-hydrogen) atoms. The summed E-state index contributed by atoms with van der Waals surface area (Å²) in [5, 5.41) is 0.611. The number of rotatable bonds is 4. The van der Waals surface area contributed by atoms with Crippen LogP contribution in [0.5, 0.6) is 11.5 Å². The largest absolute Gasteiger partial charge is 0.493 e. The summed E-state index contributed by atoms with van der Waals surface area (Å²) >= 11 is 9.29. The van der Waals surface area contributed by atoms with Gasteiger partial charge in [-0.3, -0.25) is 0 Å². The lowest BCUT2D eigenvalue weighted by Gasteiger charge is -2.13. The summed E-state index contributed by atoms with van der Waals surface area (Å²) in [6, 6.07) is 11.0. The zero-order valence-electron chi connectivity index (χ0n) is 10.3. The maximum atomic E-state index is 5.89. The van der Waals surface area contributed by atoms with E-state index in [-0.39, 0.29) is 0 Å². The quantitative estimate of drug-likeness (QED) is 0.844. The van der Waals surface area contributed by atoms with Gasteiger partial charge in [-0.1, -0.05) is 23.7 Å². The summed E-state index contributed by atoms with van der Waals surface area (Å²) < 4.78 is 11.9. The summed E-state index contributed by atoms with van der Waals surface area (Å²) in [5.41, 5.74) is 7.37. The third kappa shape index (κ3) is 3.33. The predicted molar refractivity (Wildman–Crippen MR) is 80.9 cm³/mol. The van der Waals surface area contributed by atoms with E-state index in [9.17, 15) is 0 Å². The smallest absolute Gasteiger partial charge is 0.175 e. The number of nitrogens with two attached hydrogens (primary N) is 1. The van der Waals surface area contributed by atoms with Crippen molar-refractivity contribution in [2.24, 2.45) is 0 Å². The first-order valence-electron chi connectivity index (χ1n) is 5.61. The van der Waals surface area contributed by atoms with Gasteiger partial charge in [-0.2, -0.15) is 0 Å². The fraction of sp³-hybridized carbons (Fsp3) is 0.143. The van der Waals surface area contributed by atoms with Crippen molar-refractivity contribution in [3.63, 3.8) is 0 Å². The predicted octanol–water partition coefficient (Wildman–Crippen LogP) is 4.27. The second-order valence-corrected chi connectivity index (χ2v) is 5.19. The molecule has 0 aliphatic carbocycles. The number of hydrogen-bond acceptors (Lipinski definition) is 3. The van der Waals surface area contributed by atoms with E-state index in [1.54, 1.807) is 19.2 Å². The zero-order valence-corrected chi connectivity index (χ0v) is 12.7. The Morgan fingerprint density at radius 1 is 1.26 bits per heavy atom. The summed E-state index contributed by atoms with van der Waals surface area (Å²) in [4.78, 5) is 0. The van der Waals surface area contributed by atoms with Crippen molar-refractivity contribution in [2.45, 2.75) is 6.61 Å². The molecular formula is C14H13BrClNO2. The van der Waals surface area contributed by atoms with Crippen LogP contribution in [0.15, 0.2) is 40.9 Å². The minimum atomic E-state index is 0.349. The Hall–Kier alpha value is -1.39. The van der Waals surface area contributed by atoms with Crippen LogP contribution in [-0.4, -0.2) is 7.11 Å². The van der Waals surface area contributed by atoms with Gasteiger partial charge in [-0.25, -0.2) is 0 Å². The summed E-state index contributed by atoms with van der Waals surface area (Å²) in [7, 11) is 1.60. The maximum absolute atomic E-state index is 5.89. The van der Waals surface area contributed by atoms with Gasteiger partial charge in [0.2, 0.25) is 0 Å². The van der Waals surface area contributed by atoms with Crippen molar-refractivity contribution in [1.82, 2.24) is 0 Å². The monoisotopic (exact) mass is 341 g/mol. The Labute approximate surface area is 125 Å². The van der Waals surface area contributed by atoms with E-state index in [0.717, 1.165) is 10.0 Å². The van der Waals surface area contributed by atoms with E-state index >= 15 is 0 Å². The van der Waals surface area contributed by atoms with Crippen molar-refractivity contribution in [3.8, 4) is 11.5 Å². The van der Waals surface area contributed by atoms with Gasteiger partial charge < -0.3 is 15.2 Å². The molecule has 3 nitrogen and oxygen atoms in total. The van der Waals surface area contributed by atoms with Crippen molar-refractivity contribution in [3.05, 3.63) is 51.5 Å². The molecule has 0 aromatic heterocycles. The van der Waals surface area contributed by atoms with Crippen LogP contribution in [0, 0.1) is 0 Å². The molecule has 100 valence electrons. The van der Waals surface area contributed by atoms with Crippen LogP contribution >= 0.6 is 27.5 Å².